The minimum Gasteiger partial charge on any atom is -0.468 e. The molecule has 1 atom stereocenters. The summed E-state index contributed by atoms with van der Waals surface area (Å²) in [5.41, 5.74) is 2.53. The van der Waals surface area contributed by atoms with Crippen molar-refractivity contribution in [2.75, 3.05) is 13.3 Å². The fourth-order valence-corrected chi connectivity index (χ4v) is 4.52. The summed E-state index contributed by atoms with van der Waals surface area (Å²) >= 11 is 6.17. The summed E-state index contributed by atoms with van der Waals surface area (Å²) in [6.07, 6.45) is 6.42. The Hall–Kier alpha value is -2.60. The van der Waals surface area contributed by atoms with Gasteiger partial charge in [0, 0.05) is 22.7 Å². The molecule has 162 valence electrons. The zero-order valence-corrected chi connectivity index (χ0v) is 18.3. The van der Waals surface area contributed by atoms with Crippen molar-refractivity contribution in [1.29, 1.82) is 0 Å². The highest BCUT2D eigenvalue weighted by Crippen LogP contribution is 2.49. The Kier molecular flexibility index (Phi) is 6.46. The molecule has 1 aliphatic heterocycles. The van der Waals surface area contributed by atoms with Crippen LogP contribution in [0.3, 0.4) is 0 Å². The topological polar surface area (TPSA) is 59.0 Å². The van der Waals surface area contributed by atoms with Crippen molar-refractivity contribution < 1.29 is 19.4 Å². The molecule has 4 rings (SSSR count). The van der Waals surface area contributed by atoms with Gasteiger partial charge in [-0.3, -0.25) is 4.79 Å². The Bertz CT molecular complexity index is 1010. The van der Waals surface area contributed by atoms with Crippen LogP contribution in [0.1, 0.15) is 37.3 Å². The molecule has 1 aliphatic carbocycles. The van der Waals surface area contributed by atoms with Crippen LogP contribution in [0.4, 0.5) is 0 Å². The average molecular weight is 440 g/mol. The minimum absolute atomic E-state index is 0.000106. The number of nitrogens with zero attached hydrogens (tertiary/aromatic N) is 1. The number of benzene rings is 2. The van der Waals surface area contributed by atoms with E-state index in [4.69, 9.17) is 26.2 Å². The lowest BCUT2D eigenvalue weighted by molar-refractivity contribution is -0.162. The van der Waals surface area contributed by atoms with Crippen LogP contribution in [0, 0.1) is 0 Å². The lowest BCUT2D eigenvalue weighted by Gasteiger charge is -2.41. The summed E-state index contributed by atoms with van der Waals surface area (Å²) in [4.78, 5) is 15.3. The number of ether oxygens (including phenoxy) is 2. The van der Waals surface area contributed by atoms with Crippen LogP contribution in [0.15, 0.2) is 71.8 Å². The second-order valence-electron chi connectivity index (χ2n) is 7.65. The number of aliphatic hydroxyl groups is 1. The van der Waals surface area contributed by atoms with E-state index in [-0.39, 0.29) is 19.3 Å². The monoisotopic (exact) mass is 439 g/mol. The van der Waals surface area contributed by atoms with E-state index >= 15 is 0 Å². The first kappa shape index (κ1) is 21.6. The van der Waals surface area contributed by atoms with E-state index in [0.29, 0.717) is 17.3 Å². The maximum absolute atomic E-state index is 13.4. The fourth-order valence-electron chi connectivity index (χ4n) is 4.39. The quantitative estimate of drug-likeness (QED) is 0.592. The van der Waals surface area contributed by atoms with Crippen LogP contribution in [-0.2, 0) is 21.9 Å². The van der Waals surface area contributed by atoms with Gasteiger partial charge in [-0.05, 0) is 54.7 Å². The van der Waals surface area contributed by atoms with Crippen LogP contribution in [0.5, 0.6) is 5.75 Å². The number of amides is 1. The average Bonchev–Trinajstić information content (AvgIpc) is 3.03. The summed E-state index contributed by atoms with van der Waals surface area (Å²) in [5, 5.41) is 9.69. The minimum atomic E-state index is -0.981. The Morgan fingerprint density at radius 2 is 2.00 bits per heavy atom. The molecule has 0 fully saturated rings. The molecule has 0 saturated carbocycles. The Balaban J connectivity index is 1.79. The van der Waals surface area contributed by atoms with Gasteiger partial charge in [-0.2, -0.15) is 0 Å². The van der Waals surface area contributed by atoms with Crippen molar-refractivity contribution in [1.82, 2.24) is 4.90 Å². The number of hydrogen-bond acceptors (Lipinski definition) is 4. The first-order valence-corrected chi connectivity index (χ1v) is 10.9. The first-order chi connectivity index (χ1) is 15.1. The lowest BCUT2D eigenvalue weighted by atomic mass is 9.87. The van der Waals surface area contributed by atoms with Gasteiger partial charge >= 0.3 is 0 Å². The van der Waals surface area contributed by atoms with Gasteiger partial charge in [0.25, 0.3) is 5.91 Å². The second kappa shape index (κ2) is 9.27. The van der Waals surface area contributed by atoms with Crippen molar-refractivity contribution in [2.24, 2.45) is 0 Å². The van der Waals surface area contributed by atoms with Gasteiger partial charge in [-0.15, -0.1) is 0 Å². The highest BCUT2D eigenvalue weighted by molar-refractivity contribution is 6.30. The van der Waals surface area contributed by atoms with E-state index in [1.807, 2.05) is 53.4 Å². The summed E-state index contributed by atoms with van der Waals surface area (Å²) in [6, 6.07) is 15.0. The molecular formula is C25H26ClNO4. The number of aliphatic hydroxyl groups excluding tert-OH is 1. The molecule has 5 nitrogen and oxygen atoms in total. The van der Waals surface area contributed by atoms with Crippen LogP contribution in [0.25, 0.3) is 0 Å². The highest BCUT2D eigenvalue weighted by Gasteiger charge is 2.52. The second-order valence-corrected chi connectivity index (χ2v) is 8.09. The number of hydrogen-bond donors (Lipinski definition) is 1. The van der Waals surface area contributed by atoms with Crippen molar-refractivity contribution >= 4 is 17.5 Å². The van der Waals surface area contributed by atoms with Gasteiger partial charge in [0.15, 0.2) is 12.5 Å². The molecule has 0 bridgehead atoms. The lowest BCUT2D eigenvalue weighted by Crippen LogP contribution is -2.48. The van der Waals surface area contributed by atoms with Crippen LogP contribution < -0.4 is 4.74 Å². The van der Waals surface area contributed by atoms with Gasteiger partial charge in [-0.1, -0.05) is 54.9 Å². The largest absolute Gasteiger partial charge is 0.468 e. The normalized spacial score (nSPS) is 20.4. The van der Waals surface area contributed by atoms with E-state index in [9.17, 15) is 4.79 Å². The molecule has 1 heterocycles. The first-order valence-electron chi connectivity index (χ1n) is 10.5. The van der Waals surface area contributed by atoms with Gasteiger partial charge in [0.1, 0.15) is 5.75 Å². The molecule has 1 N–H and O–H groups in total. The number of halogens is 1. The van der Waals surface area contributed by atoms with Gasteiger partial charge in [0.2, 0.25) is 0 Å². The predicted octanol–water partition coefficient (Wildman–Crippen LogP) is 4.94. The fraction of sp³-hybridized carbons (Fsp3) is 0.320. The zero-order chi connectivity index (χ0) is 21.8. The molecule has 31 heavy (non-hydrogen) atoms. The molecule has 2 aromatic carbocycles. The summed E-state index contributed by atoms with van der Waals surface area (Å²) in [5.74, 6) is 0.567. The molecule has 0 saturated heterocycles. The standard InChI is InChI=1S/C25H26ClNO4/c1-2-14-27-24(29)22-8-3-4-9-23(22)25(27,19-10-12-20(26)13-11-19)31-16-18-6-5-7-21(15-18)30-17-28/h3,5-8,10-13,15,28H,2,4,9,14,16-17H2,1H3. The SMILES string of the molecule is CCCN1C(=O)C2=C(CCC=C2)C1(OCc1cccc(OCO)c1)c1ccc(Cl)cc1. The zero-order valence-electron chi connectivity index (χ0n) is 17.5. The maximum atomic E-state index is 13.4. The number of allylic oxidation sites excluding steroid dienone is 1. The van der Waals surface area contributed by atoms with Crippen molar-refractivity contribution in [3.63, 3.8) is 0 Å². The third-order valence-electron chi connectivity index (χ3n) is 5.70. The van der Waals surface area contributed by atoms with Gasteiger partial charge < -0.3 is 19.5 Å². The molecule has 2 aromatic rings. The van der Waals surface area contributed by atoms with E-state index in [0.717, 1.165) is 41.5 Å². The number of rotatable bonds is 8. The smallest absolute Gasteiger partial charge is 0.256 e. The Labute approximate surface area is 187 Å². The van der Waals surface area contributed by atoms with E-state index in [1.165, 1.54) is 0 Å². The Morgan fingerprint density at radius 3 is 2.74 bits per heavy atom. The van der Waals surface area contributed by atoms with Gasteiger partial charge in [0.05, 0.1) is 6.61 Å². The molecule has 2 aliphatic rings. The van der Waals surface area contributed by atoms with E-state index in [1.54, 1.807) is 6.07 Å². The highest BCUT2D eigenvalue weighted by atomic mass is 35.5. The Morgan fingerprint density at radius 1 is 1.19 bits per heavy atom. The molecule has 1 amide bonds. The van der Waals surface area contributed by atoms with E-state index in [2.05, 4.69) is 13.0 Å². The van der Waals surface area contributed by atoms with Crippen LogP contribution in [-0.4, -0.2) is 29.3 Å². The van der Waals surface area contributed by atoms with Crippen molar-refractivity contribution in [3.8, 4) is 5.75 Å². The van der Waals surface area contributed by atoms with Crippen molar-refractivity contribution in [3.05, 3.63) is 88.0 Å². The van der Waals surface area contributed by atoms with Gasteiger partial charge in [-0.25, -0.2) is 0 Å². The molecule has 0 spiro atoms. The third kappa shape index (κ3) is 4.01. The van der Waals surface area contributed by atoms with Crippen LogP contribution >= 0.6 is 11.6 Å². The molecule has 0 radical (unpaired) electrons. The molecule has 1 unspecified atom stereocenters. The van der Waals surface area contributed by atoms with Crippen molar-refractivity contribution in [2.45, 2.75) is 38.5 Å². The summed E-state index contributed by atoms with van der Waals surface area (Å²) < 4.78 is 11.9. The number of carbonyl (C=O) groups excluding carboxylic acids is 1. The predicted molar refractivity (Wildman–Crippen MR) is 119 cm³/mol. The third-order valence-corrected chi connectivity index (χ3v) is 5.95. The van der Waals surface area contributed by atoms with Crippen LogP contribution in [0.2, 0.25) is 5.02 Å². The maximum Gasteiger partial charge on any atom is 0.256 e. The summed E-state index contributed by atoms with van der Waals surface area (Å²) in [7, 11) is 0. The molecule has 0 aromatic heterocycles. The number of carbonyl (C=O) groups is 1. The summed E-state index contributed by atoms with van der Waals surface area (Å²) in [6.45, 7) is 2.53. The molecule has 6 heteroatoms. The van der Waals surface area contributed by atoms with E-state index < -0.39 is 5.72 Å². The molecular weight excluding hydrogens is 414 g/mol.